The molecule has 0 fully saturated rings. The Morgan fingerprint density at radius 3 is 2.50 bits per heavy atom. The van der Waals surface area contributed by atoms with Gasteiger partial charge in [-0.1, -0.05) is 42.1 Å². The van der Waals surface area contributed by atoms with E-state index in [0.29, 0.717) is 33.0 Å². The van der Waals surface area contributed by atoms with Gasteiger partial charge in [0.25, 0.3) is 5.56 Å². The van der Waals surface area contributed by atoms with Gasteiger partial charge in [-0.2, -0.15) is 5.26 Å². The van der Waals surface area contributed by atoms with Gasteiger partial charge in [0.2, 0.25) is 5.91 Å². The van der Waals surface area contributed by atoms with E-state index in [2.05, 4.69) is 16.4 Å². The van der Waals surface area contributed by atoms with E-state index in [1.807, 2.05) is 44.2 Å². The number of nitrogens with one attached hydrogen (secondary N) is 1. The Morgan fingerprint density at radius 1 is 1.06 bits per heavy atom. The largest absolute Gasteiger partial charge is 0.324 e. The van der Waals surface area contributed by atoms with E-state index in [0.717, 1.165) is 11.1 Å². The highest BCUT2D eigenvalue weighted by Gasteiger charge is 2.16. The summed E-state index contributed by atoms with van der Waals surface area (Å²) in [6, 6.07) is 22.0. The maximum atomic E-state index is 13.4. The van der Waals surface area contributed by atoms with Crippen molar-refractivity contribution in [3.8, 4) is 11.8 Å². The number of benzene rings is 3. The fourth-order valence-corrected chi connectivity index (χ4v) is 4.34. The van der Waals surface area contributed by atoms with Gasteiger partial charge in [-0.15, -0.1) is 0 Å². The third-order valence-corrected chi connectivity index (χ3v) is 5.80. The minimum Gasteiger partial charge on any atom is -0.324 e. The van der Waals surface area contributed by atoms with Crippen LogP contribution in [0.25, 0.3) is 16.6 Å². The number of aryl methyl sites for hydroxylation is 2. The van der Waals surface area contributed by atoms with Crippen LogP contribution in [0, 0.1) is 25.2 Å². The van der Waals surface area contributed by atoms with Crippen LogP contribution >= 0.6 is 11.8 Å². The summed E-state index contributed by atoms with van der Waals surface area (Å²) in [4.78, 5) is 30.6. The average Bonchev–Trinajstić information content (AvgIpc) is 2.77. The molecule has 1 aromatic heterocycles. The van der Waals surface area contributed by atoms with E-state index in [1.165, 1.54) is 11.8 Å². The van der Waals surface area contributed by atoms with Gasteiger partial charge in [-0.3, -0.25) is 14.2 Å². The first-order chi connectivity index (χ1) is 15.5. The zero-order valence-corrected chi connectivity index (χ0v) is 18.4. The van der Waals surface area contributed by atoms with Gasteiger partial charge in [0, 0.05) is 0 Å². The normalized spacial score (nSPS) is 10.7. The Morgan fingerprint density at radius 2 is 1.75 bits per heavy atom. The first-order valence-corrected chi connectivity index (χ1v) is 11.0. The number of aromatic nitrogens is 2. The van der Waals surface area contributed by atoms with Crippen LogP contribution in [-0.4, -0.2) is 21.2 Å². The number of carbonyl (C=O) groups is 1. The average molecular weight is 441 g/mol. The lowest BCUT2D eigenvalue weighted by Gasteiger charge is -2.14. The second-order valence-corrected chi connectivity index (χ2v) is 8.33. The van der Waals surface area contributed by atoms with E-state index in [1.54, 1.807) is 41.0 Å². The Balaban J connectivity index is 1.71. The van der Waals surface area contributed by atoms with Crippen LogP contribution in [0.4, 0.5) is 5.69 Å². The molecule has 0 bridgehead atoms. The minimum atomic E-state index is -0.285. The maximum absolute atomic E-state index is 13.4. The van der Waals surface area contributed by atoms with Crippen LogP contribution in [0.2, 0.25) is 0 Å². The van der Waals surface area contributed by atoms with E-state index in [4.69, 9.17) is 0 Å². The summed E-state index contributed by atoms with van der Waals surface area (Å²) in [5, 5.41) is 12.9. The fourth-order valence-electron chi connectivity index (χ4n) is 3.52. The van der Waals surface area contributed by atoms with Crippen molar-refractivity contribution >= 4 is 34.3 Å². The van der Waals surface area contributed by atoms with E-state index in [9.17, 15) is 14.9 Å². The van der Waals surface area contributed by atoms with Gasteiger partial charge in [-0.05, 0) is 61.4 Å². The molecule has 0 aliphatic carbocycles. The minimum absolute atomic E-state index is 0.0370. The number of para-hydroxylation sites is 2. The topological polar surface area (TPSA) is 87.8 Å². The molecule has 0 aliphatic heterocycles. The number of hydrogen-bond donors (Lipinski definition) is 1. The van der Waals surface area contributed by atoms with Crippen molar-refractivity contribution in [1.29, 1.82) is 5.26 Å². The monoisotopic (exact) mass is 440 g/mol. The predicted molar refractivity (Wildman–Crippen MR) is 127 cm³/mol. The third kappa shape index (κ3) is 4.41. The van der Waals surface area contributed by atoms with Crippen molar-refractivity contribution in [2.75, 3.05) is 11.1 Å². The second kappa shape index (κ2) is 9.08. The Labute approximate surface area is 189 Å². The summed E-state index contributed by atoms with van der Waals surface area (Å²) in [7, 11) is 0. The molecule has 0 atom stereocenters. The summed E-state index contributed by atoms with van der Waals surface area (Å²) in [5.74, 6) is -0.248. The van der Waals surface area contributed by atoms with Gasteiger partial charge in [0.15, 0.2) is 5.16 Å². The maximum Gasteiger partial charge on any atom is 0.266 e. The lowest BCUT2D eigenvalue weighted by molar-refractivity contribution is -0.113. The fraction of sp³-hybridized carbons (Fsp3) is 0.120. The van der Waals surface area contributed by atoms with Crippen molar-refractivity contribution < 1.29 is 4.79 Å². The van der Waals surface area contributed by atoms with E-state index >= 15 is 0 Å². The van der Waals surface area contributed by atoms with Crippen molar-refractivity contribution in [3.63, 3.8) is 0 Å². The van der Waals surface area contributed by atoms with Crippen LogP contribution in [0.1, 0.15) is 16.7 Å². The number of thioether (sulfide) groups is 1. The molecule has 7 heteroatoms. The highest BCUT2D eigenvalue weighted by atomic mass is 32.2. The molecule has 0 radical (unpaired) electrons. The van der Waals surface area contributed by atoms with Crippen LogP contribution in [-0.2, 0) is 4.79 Å². The van der Waals surface area contributed by atoms with Crippen molar-refractivity contribution in [2.45, 2.75) is 19.0 Å². The van der Waals surface area contributed by atoms with Crippen molar-refractivity contribution in [3.05, 3.63) is 93.8 Å². The number of carbonyl (C=O) groups excluding carboxylic acids is 1. The number of hydrogen-bond acceptors (Lipinski definition) is 5. The predicted octanol–water partition coefficient (Wildman–Crippen LogP) is 4.61. The van der Waals surface area contributed by atoms with Crippen LogP contribution in [0.5, 0.6) is 0 Å². The quantitative estimate of drug-likeness (QED) is 0.362. The van der Waals surface area contributed by atoms with Crippen LogP contribution in [0.15, 0.2) is 76.7 Å². The second-order valence-electron chi connectivity index (χ2n) is 7.39. The Hall–Kier alpha value is -3.89. The Bertz CT molecular complexity index is 1420. The molecule has 0 aliphatic rings. The van der Waals surface area contributed by atoms with Crippen LogP contribution in [0.3, 0.4) is 0 Å². The lowest BCUT2D eigenvalue weighted by Crippen LogP contribution is -2.23. The number of nitriles is 1. The molecule has 0 spiro atoms. The molecule has 4 aromatic rings. The zero-order valence-electron chi connectivity index (χ0n) is 17.6. The SMILES string of the molecule is Cc1cc(C)cc(-n2c(SCC(=O)Nc3ccccc3C#N)nc3ccccc3c2=O)c1. The zero-order chi connectivity index (χ0) is 22.7. The molecule has 4 rings (SSSR count). The molecule has 6 nitrogen and oxygen atoms in total. The van der Waals surface area contributed by atoms with Gasteiger partial charge in [0.1, 0.15) is 6.07 Å². The molecule has 0 saturated heterocycles. The number of rotatable bonds is 5. The number of fused-ring (bicyclic) bond motifs is 1. The molecular weight excluding hydrogens is 420 g/mol. The molecule has 158 valence electrons. The summed E-state index contributed by atoms with van der Waals surface area (Å²) in [6.07, 6.45) is 0. The van der Waals surface area contributed by atoms with Gasteiger partial charge in [-0.25, -0.2) is 4.98 Å². The molecule has 32 heavy (non-hydrogen) atoms. The number of anilines is 1. The summed E-state index contributed by atoms with van der Waals surface area (Å²) < 4.78 is 1.56. The standard InChI is InChI=1S/C25H20N4O2S/c1-16-11-17(2)13-19(12-16)29-24(31)20-8-4-6-10-22(20)28-25(29)32-15-23(30)27-21-9-5-3-7-18(21)14-26/h3-13H,15H2,1-2H3,(H,27,30). The molecule has 1 heterocycles. The first-order valence-electron chi connectivity index (χ1n) is 9.98. The van der Waals surface area contributed by atoms with Crippen molar-refractivity contribution in [2.24, 2.45) is 0 Å². The van der Waals surface area contributed by atoms with Gasteiger partial charge >= 0.3 is 0 Å². The molecule has 1 amide bonds. The summed E-state index contributed by atoms with van der Waals surface area (Å²) in [5.41, 5.74) is 4.02. The third-order valence-electron chi connectivity index (χ3n) is 4.86. The highest BCUT2D eigenvalue weighted by Crippen LogP contribution is 2.23. The molecule has 3 aromatic carbocycles. The van der Waals surface area contributed by atoms with Crippen LogP contribution < -0.4 is 10.9 Å². The van der Waals surface area contributed by atoms with Crippen molar-refractivity contribution in [1.82, 2.24) is 9.55 Å². The number of nitrogens with zero attached hydrogens (tertiary/aromatic N) is 3. The number of amides is 1. The first kappa shape index (κ1) is 21.3. The van der Waals surface area contributed by atoms with Gasteiger partial charge < -0.3 is 5.32 Å². The molecule has 0 saturated carbocycles. The Kier molecular flexibility index (Phi) is 6.06. The summed E-state index contributed by atoms with van der Waals surface area (Å²) >= 11 is 1.18. The van der Waals surface area contributed by atoms with Gasteiger partial charge in [0.05, 0.1) is 33.6 Å². The molecule has 1 N–H and O–H groups in total. The summed E-state index contributed by atoms with van der Waals surface area (Å²) in [6.45, 7) is 3.95. The molecule has 0 unspecified atom stereocenters. The van der Waals surface area contributed by atoms with E-state index in [-0.39, 0.29) is 17.2 Å². The smallest absolute Gasteiger partial charge is 0.266 e. The lowest BCUT2D eigenvalue weighted by atomic mass is 10.1. The van der Waals surface area contributed by atoms with E-state index < -0.39 is 0 Å². The molecular formula is C25H20N4O2S. The highest BCUT2D eigenvalue weighted by molar-refractivity contribution is 7.99.